The molecule has 12 heavy (non-hydrogen) atoms. The van der Waals surface area contributed by atoms with E-state index in [0.717, 1.165) is 0 Å². The number of hydrogen-bond acceptors (Lipinski definition) is 4. The van der Waals surface area contributed by atoms with E-state index in [1.165, 1.54) is 0 Å². The van der Waals surface area contributed by atoms with Gasteiger partial charge in [-0.25, -0.2) is 0 Å². The van der Waals surface area contributed by atoms with Crippen LogP contribution in [0.15, 0.2) is 0 Å². The molecule has 0 aromatic heterocycles. The van der Waals surface area contributed by atoms with Crippen LogP contribution in [0.25, 0.3) is 0 Å². The van der Waals surface area contributed by atoms with Crippen LogP contribution >= 0.6 is 0 Å². The smallest absolute Gasteiger partial charge is 0.111 e. The molecule has 4 heteroatoms. The second-order valence-electron chi connectivity index (χ2n) is 3.55. The van der Waals surface area contributed by atoms with E-state index in [1.807, 2.05) is 13.8 Å². The van der Waals surface area contributed by atoms with Crippen molar-refractivity contribution in [3.8, 4) is 0 Å². The van der Waals surface area contributed by atoms with Crippen LogP contribution in [0.4, 0.5) is 0 Å². The van der Waals surface area contributed by atoms with E-state index >= 15 is 0 Å². The molecule has 72 valence electrons. The zero-order valence-corrected chi connectivity index (χ0v) is 7.34. The van der Waals surface area contributed by atoms with E-state index < -0.39 is 18.3 Å². The van der Waals surface area contributed by atoms with Crippen molar-refractivity contribution in [1.82, 2.24) is 0 Å². The summed E-state index contributed by atoms with van der Waals surface area (Å²) in [6.45, 7) is 3.56. The van der Waals surface area contributed by atoms with Crippen molar-refractivity contribution in [2.75, 3.05) is 6.61 Å². The topological polar surface area (TPSA) is 69.9 Å². The molecular weight excluding hydrogens is 160 g/mol. The summed E-state index contributed by atoms with van der Waals surface area (Å²) < 4.78 is 5.25. The van der Waals surface area contributed by atoms with Crippen LogP contribution in [0.3, 0.4) is 0 Å². The van der Waals surface area contributed by atoms with Crippen molar-refractivity contribution in [3.05, 3.63) is 0 Å². The monoisotopic (exact) mass is 176 g/mol. The summed E-state index contributed by atoms with van der Waals surface area (Å²) in [4.78, 5) is 0. The number of ether oxygens (including phenoxy) is 1. The predicted molar refractivity (Wildman–Crippen MR) is 42.6 cm³/mol. The van der Waals surface area contributed by atoms with Crippen LogP contribution in [0, 0.1) is 5.92 Å². The van der Waals surface area contributed by atoms with Crippen LogP contribution in [-0.4, -0.2) is 46.3 Å². The summed E-state index contributed by atoms with van der Waals surface area (Å²) in [5.41, 5.74) is 0. The summed E-state index contributed by atoms with van der Waals surface area (Å²) in [6.07, 6.45) is -2.82. The van der Waals surface area contributed by atoms with Crippen molar-refractivity contribution < 1.29 is 20.1 Å². The SMILES string of the molecule is CC(C)[C@H]1O[C@H](CO)[C@H](O)C1O. The average Bonchev–Trinajstić information content (AvgIpc) is 2.30. The Kier molecular flexibility index (Phi) is 3.06. The lowest BCUT2D eigenvalue weighted by Crippen LogP contribution is -2.35. The Bertz CT molecular complexity index is 148. The molecule has 1 unspecified atom stereocenters. The summed E-state index contributed by atoms with van der Waals surface area (Å²) >= 11 is 0. The zero-order valence-electron chi connectivity index (χ0n) is 7.34. The van der Waals surface area contributed by atoms with Gasteiger partial charge in [0.2, 0.25) is 0 Å². The molecule has 3 N–H and O–H groups in total. The Morgan fingerprint density at radius 2 is 1.83 bits per heavy atom. The Morgan fingerprint density at radius 1 is 1.25 bits per heavy atom. The van der Waals surface area contributed by atoms with Crippen molar-refractivity contribution in [3.63, 3.8) is 0 Å². The van der Waals surface area contributed by atoms with Crippen molar-refractivity contribution >= 4 is 0 Å². The van der Waals surface area contributed by atoms with Gasteiger partial charge in [0.15, 0.2) is 0 Å². The van der Waals surface area contributed by atoms with Gasteiger partial charge in [0.05, 0.1) is 12.7 Å². The molecule has 1 saturated heterocycles. The highest BCUT2D eigenvalue weighted by Crippen LogP contribution is 2.25. The highest BCUT2D eigenvalue weighted by molar-refractivity contribution is 4.91. The minimum absolute atomic E-state index is 0.145. The highest BCUT2D eigenvalue weighted by Gasteiger charge is 2.43. The van der Waals surface area contributed by atoms with Gasteiger partial charge >= 0.3 is 0 Å². The lowest BCUT2D eigenvalue weighted by Gasteiger charge is -2.17. The third-order valence-corrected chi connectivity index (χ3v) is 2.24. The molecule has 1 rings (SSSR count). The van der Waals surface area contributed by atoms with Crippen LogP contribution in [-0.2, 0) is 4.74 Å². The Morgan fingerprint density at radius 3 is 2.08 bits per heavy atom. The van der Waals surface area contributed by atoms with Gasteiger partial charge in [0, 0.05) is 0 Å². The molecule has 0 radical (unpaired) electrons. The van der Waals surface area contributed by atoms with Crippen LogP contribution < -0.4 is 0 Å². The normalized spacial score (nSPS) is 42.5. The molecule has 0 saturated carbocycles. The second kappa shape index (κ2) is 3.70. The first kappa shape index (κ1) is 9.92. The molecule has 4 nitrogen and oxygen atoms in total. The van der Waals surface area contributed by atoms with E-state index in [-0.39, 0.29) is 18.6 Å². The van der Waals surface area contributed by atoms with Crippen LogP contribution in [0.1, 0.15) is 13.8 Å². The fourth-order valence-corrected chi connectivity index (χ4v) is 1.48. The minimum atomic E-state index is -0.956. The second-order valence-corrected chi connectivity index (χ2v) is 3.55. The van der Waals surface area contributed by atoms with Gasteiger partial charge in [0.25, 0.3) is 0 Å². The Hall–Kier alpha value is -0.160. The van der Waals surface area contributed by atoms with E-state index in [2.05, 4.69) is 0 Å². The molecule has 0 bridgehead atoms. The Balaban J connectivity index is 2.60. The first-order chi connectivity index (χ1) is 5.57. The minimum Gasteiger partial charge on any atom is -0.394 e. The molecule has 1 fully saturated rings. The average molecular weight is 176 g/mol. The van der Waals surface area contributed by atoms with E-state index in [1.54, 1.807) is 0 Å². The van der Waals surface area contributed by atoms with Crippen molar-refractivity contribution in [2.45, 2.75) is 38.3 Å². The maximum absolute atomic E-state index is 9.44. The van der Waals surface area contributed by atoms with Gasteiger partial charge in [-0.2, -0.15) is 0 Å². The highest BCUT2D eigenvalue weighted by atomic mass is 16.6. The molecule has 4 atom stereocenters. The maximum Gasteiger partial charge on any atom is 0.111 e. The van der Waals surface area contributed by atoms with Gasteiger partial charge in [-0.3, -0.25) is 0 Å². The third-order valence-electron chi connectivity index (χ3n) is 2.24. The fraction of sp³-hybridized carbons (Fsp3) is 1.00. The quantitative estimate of drug-likeness (QED) is 0.511. The molecule has 0 aliphatic carbocycles. The number of rotatable bonds is 2. The summed E-state index contributed by atoms with van der Waals surface area (Å²) in [5.74, 6) is 0.145. The van der Waals surface area contributed by atoms with Gasteiger partial charge in [-0.1, -0.05) is 13.8 Å². The number of hydrogen-bond donors (Lipinski definition) is 3. The number of aliphatic hydroxyl groups excluding tert-OH is 3. The molecule has 1 heterocycles. The van der Waals surface area contributed by atoms with Gasteiger partial charge in [0.1, 0.15) is 18.3 Å². The maximum atomic E-state index is 9.44. The lowest BCUT2D eigenvalue weighted by molar-refractivity contribution is -0.0369. The first-order valence-corrected chi connectivity index (χ1v) is 4.20. The van der Waals surface area contributed by atoms with Gasteiger partial charge in [-0.05, 0) is 5.92 Å². The molecular formula is C8H16O4. The van der Waals surface area contributed by atoms with Crippen LogP contribution in [0.2, 0.25) is 0 Å². The van der Waals surface area contributed by atoms with E-state index in [0.29, 0.717) is 0 Å². The Labute approximate surface area is 71.8 Å². The fourth-order valence-electron chi connectivity index (χ4n) is 1.48. The molecule has 0 spiro atoms. The lowest BCUT2D eigenvalue weighted by atomic mass is 10.00. The van der Waals surface area contributed by atoms with Crippen LogP contribution in [0.5, 0.6) is 0 Å². The molecule has 1 aliphatic rings. The molecule has 0 aromatic rings. The largest absolute Gasteiger partial charge is 0.394 e. The molecule has 0 aromatic carbocycles. The molecule has 1 aliphatic heterocycles. The number of aliphatic hydroxyl groups is 3. The summed E-state index contributed by atoms with van der Waals surface area (Å²) in [5, 5.41) is 27.5. The zero-order chi connectivity index (χ0) is 9.30. The predicted octanol–water partition coefficient (Wildman–Crippen LogP) is -0.876. The van der Waals surface area contributed by atoms with Gasteiger partial charge in [-0.15, -0.1) is 0 Å². The summed E-state index contributed by atoms with van der Waals surface area (Å²) in [6, 6.07) is 0. The van der Waals surface area contributed by atoms with Crippen molar-refractivity contribution in [1.29, 1.82) is 0 Å². The van der Waals surface area contributed by atoms with E-state index in [9.17, 15) is 10.2 Å². The third kappa shape index (κ3) is 1.61. The van der Waals surface area contributed by atoms with E-state index in [4.69, 9.17) is 9.84 Å². The van der Waals surface area contributed by atoms with Crippen molar-refractivity contribution in [2.24, 2.45) is 5.92 Å². The molecule has 0 amide bonds. The first-order valence-electron chi connectivity index (χ1n) is 4.20. The standard InChI is InChI=1S/C8H16O4/c1-4(2)8-7(11)6(10)5(3-9)12-8/h4-11H,3H2,1-2H3/t5-,6+,7?,8-/m1/s1. The summed E-state index contributed by atoms with van der Waals surface area (Å²) in [7, 11) is 0. The van der Waals surface area contributed by atoms with Gasteiger partial charge < -0.3 is 20.1 Å².